The van der Waals surface area contributed by atoms with Gasteiger partial charge in [0.2, 0.25) is 0 Å². The molecule has 0 bridgehead atoms. The van der Waals surface area contributed by atoms with Gasteiger partial charge in [0.15, 0.2) is 5.67 Å². The van der Waals surface area contributed by atoms with E-state index in [9.17, 15) is 30.7 Å². The molecular formula is C22H21F7O2. The summed E-state index contributed by atoms with van der Waals surface area (Å²) in [7, 11) is 0. The normalized spacial score (nSPS) is 15.7. The molecule has 2 aromatic carbocycles. The van der Waals surface area contributed by atoms with Crippen molar-refractivity contribution in [3.63, 3.8) is 0 Å². The van der Waals surface area contributed by atoms with E-state index in [0.717, 1.165) is 17.7 Å². The third kappa shape index (κ3) is 5.95. The van der Waals surface area contributed by atoms with Gasteiger partial charge in [0.05, 0.1) is 6.61 Å². The number of hydrogen-bond donors (Lipinski definition) is 2. The number of aliphatic hydroxyl groups is 2. The van der Waals surface area contributed by atoms with Crippen LogP contribution in [0.25, 0.3) is 12.2 Å². The number of benzene rings is 2. The molecule has 0 aliphatic carbocycles. The molecule has 0 aliphatic rings. The molecule has 0 aliphatic heterocycles. The first-order chi connectivity index (χ1) is 14.1. The minimum Gasteiger partial charge on any atom is -0.393 e. The summed E-state index contributed by atoms with van der Waals surface area (Å²) < 4.78 is 89.6. The van der Waals surface area contributed by atoms with Crippen LogP contribution in [-0.2, 0) is 11.3 Å². The fourth-order valence-corrected chi connectivity index (χ4v) is 2.41. The van der Waals surface area contributed by atoms with Crippen LogP contribution < -0.4 is 0 Å². The molecule has 9 heteroatoms. The highest BCUT2D eigenvalue weighted by molar-refractivity contribution is 5.48. The van der Waals surface area contributed by atoms with Gasteiger partial charge < -0.3 is 10.2 Å². The summed E-state index contributed by atoms with van der Waals surface area (Å²) in [4.78, 5) is 0. The molecule has 2 atom stereocenters. The number of hydrogen-bond acceptors (Lipinski definition) is 2. The molecule has 0 heterocycles. The molecule has 0 aromatic heterocycles. The lowest BCUT2D eigenvalue weighted by molar-refractivity contribution is -0.375. The van der Waals surface area contributed by atoms with E-state index in [0.29, 0.717) is 23.3 Å². The van der Waals surface area contributed by atoms with Crippen molar-refractivity contribution < 1.29 is 40.9 Å². The second-order valence-corrected chi connectivity index (χ2v) is 6.71. The minimum atomic E-state index is -5.96. The van der Waals surface area contributed by atoms with Crippen molar-refractivity contribution in [1.29, 1.82) is 0 Å². The molecule has 0 radical (unpaired) electrons. The quantitative estimate of drug-likeness (QED) is 0.519. The van der Waals surface area contributed by atoms with Crippen LogP contribution in [0.15, 0.2) is 61.7 Å². The number of alkyl halides is 7. The lowest BCUT2D eigenvalue weighted by Crippen LogP contribution is -2.52. The molecule has 2 rings (SSSR count). The monoisotopic (exact) mass is 450 g/mol. The van der Waals surface area contributed by atoms with E-state index in [1.807, 2.05) is 0 Å². The van der Waals surface area contributed by atoms with Gasteiger partial charge in [0, 0.05) is 5.56 Å². The van der Waals surface area contributed by atoms with Gasteiger partial charge in [-0.1, -0.05) is 73.8 Å². The summed E-state index contributed by atoms with van der Waals surface area (Å²) in [5, 5.41) is 17.0. The average Bonchev–Trinajstić information content (AvgIpc) is 2.72. The Labute approximate surface area is 175 Å². The fraction of sp³-hybridized carbons (Fsp3) is 0.273. The van der Waals surface area contributed by atoms with Gasteiger partial charge in [-0.3, -0.25) is 0 Å². The van der Waals surface area contributed by atoms with Crippen LogP contribution in [0.3, 0.4) is 0 Å². The zero-order valence-corrected chi connectivity index (χ0v) is 16.4. The van der Waals surface area contributed by atoms with Crippen molar-refractivity contribution in [2.45, 2.75) is 30.5 Å². The molecule has 31 heavy (non-hydrogen) atoms. The second kappa shape index (κ2) is 9.65. The summed E-state index contributed by atoms with van der Waals surface area (Å²) in [5.41, 5.74) is -6.44. The van der Waals surface area contributed by atoms with Crippen LogP contribution in [0.1, 0.15) is 29.2 Å². The van der Waals surface area contributed by atoms with E-state index in [1.54, 1.807) is 30.3 Å². The summed E-state index contributed by atoms with van der Waals surface area (Å²) in [6.45, 7) is 7.76. The van der Waals surface area contributed by atoms with Crippen LogP contribution in [0.4, 0.5) is 30.7 Å². The van der Waals surface area contributed by atoms with Gasteiger partial charge in [0.25, 0.3) is 0 Å². The third-order valence-corrected chi connectivity index (χ3v) is 4.39. The molecule has 2 nitrogen and oxygen atoms in total. The predicted octanol–water partition coefficient (Wildman–Crippen LogP) is 6.15. The maximum Gasteiger partial charge on any atom is 0.435 e. The van der Waals surface area contributed by atoms with Crippen molar-refractivity contribution in [2.24, 2.45) is 0 Å². The first-order valence-electron chi connectivity index (χ1n) is 8.75. The first kappa shape index (κ1) is 26.4. The topological polar surface area (TPSA) is 40.5 Å². The Hall–Kier alpha value is -2.65. The number of aliphatic hydroxyl groups excluding tert-OH is 1. The molecule has 2 unspecified atom stereocenters. The predicted molar refractivity (Wildman–Crippen MR) is 105 cm³/mol. The smallest absolute Gasteiger partial charge is 0.393 e. The van der Waals surface area contributed by atoms with Gasteiger partial charge >= 0.3 is 18.0 Å². The minimum absolute atomic E-state index is 0.324. The van der Waals surface area contributed by atoms with E-state index < -0.39 is 35.8 Å². The van der Waals surface area contributed by atoms with Crippen molar-refractivity contribution in [3.8, 4) is 0 Å². The number of halogens is 7. The Morgan fingerprint density at radius 3 is 1.35 bits per heavy atom. The highest BCUT2D eigenvalue weighted by Gasteiger charge is 2.72. The Morgan fingerprint density at radius 2 is 1.10 bits per heavy atom. The van der Waals surface area contributed by atoms with E-state index >= 15 is 0 Å². The third-order valence-electron chi connectivity index (χ3n) is 4.39. The Morgan fingerprint density at radius 1 is 0.742 bits per heavy atom. The highest BCUT2D eigenvalue weighted by atomic mass is 19.4. The van der Waals surface area contributed by atoms with E-state index in [1.165, 1.54) is 13.0 Å². The van der Waals surface area contributed by atoms with Gasteiger partial charge in [-0.05, 0) is 23.6 Å². The zero-order valence-electron chi connectivity index (χ0n) is 16.4. The summed E-state index contributed by atoms with van der Waals surface area (Å²) in [5.74, 6) is 0. The molecule has 0 saturated heterocycles. The molecule has 0 amide bonds. The summed E-state index contributed by atoms with van der Waals surface area (Å²) in [6.07, 6.45) is -8.60. The largest absolute Gasteiger partial charge is 0.435 e. The van der Waals surface area contributed by atoms with Crippen LogP contribution in [0, 0.1) is 0 Å². The summed E-state index contributed by atoms with van der Waals surface area (Å²) in [6, 6.07) is 9.87. The molecule has 170 valence electrons. The van der Waals surface area contributed by atoms with Crippen LogP contribution in [0.5, 0.6) is 0 Å². The molecular weight excluding hydrogens is 429 g/mol. The van der Waals surface area contributed by atoms with E-state index in [4.69, 9.17) is 10.2 Å². The van der Waals surface area contributed by atoms with Crippen molar-refractivity contribution in [1.82, 2.24) is 0 Å². The average molecular weight is 450 g/mol. The maximum absolute atomic E-state index is 13.6. The Balaban J connectivity index is 0.000000327. The van der Waals surface area contributed by atoms with Gasteiger partial charge in [0.1, 0.15) is 0 Å². The summed E-state index contributed by atoms with van der Waals surface area (Å²) >= 11 is 0. The highest BCUT2D eigenvalue weighted by Crippen LogP contribution is 2.51. The molecule has 2 N–H and O–H groups in total. The molecule has 0 saturated carbocycles. The first-order valence-corrected chi connectivity index (χ1v) is 8.75. The maximum atomic E-state index is 13.6. The lowest BCUT2D eigenvalue weighted by Gasteiger charge is -2.31. The van der Waals surface area contributed by atoms with Crippen molar-refractivity contribution in [3.05, 3.63) is 83.9 Å². The second-order valence-electron chi connectivity index (χ2n) is 6.71. The molecule has 2 aromatic rings. The van der Waals surface area contributed by atoms with Gasteiger partial charge in [-0.15, -0.1) is 0 Å². The van der Waals surface area contributed by atoms with Crippen LogP contribution in [-0.4, -0.2) is 29.1 Å². The SMILES string of the molecule is C=Cc1ccc(C(C)(F)CO)cc1.C=Cc1ccc(C(F)(C(O)(F)F)C(F)(F)F)cc1. The van der Waals surface area contributed by atoms with Crippen LogP contribution in [0.2, 0.25) is 0 Å². The number of rotatable bonds is 6. The lowest BCUT2D eigenvalue weighted by atomic mass is 9.93. The van der Waals surface area contributed by atoms with E-state index in [2.05, 4.69) is 13.2 Å². The molecule has 0 spiro atoms. The van der Waals surface area contributed by atoms with Crippen molar-refractivity contribution in [2.75, 3.05) is 6.61 Å². The van der Waals surface area contributed by atoms with Gasteiger partial charge in [-0.2, -0.15) is 22.0 Å². The fourth-order valence-electron chi connectivity index (χ4n) is 2.41. The zero-order chi connectivity index (χ0) is 24.1. The van der Waals surface area contributed by atoms with E-state index in [-0.39, 0.29) is 0 Å². The van der Waals surface area contributed by atoms with Gasteiger partial charge in [-0.25, -0.2) is 8.78 Å². The van der Waals surface area contributed by atoms with Crippen LogP contribution >= 0.6 is 0 Å². The Kier molecular flexibility index (Phi) is 8.22. The molecule has 0 fully saturated rings. The standard InChI is InChI=1S/C11H8F6O.C11H13FO/c1-2-7-3-5-8(6-4-7)9(12,10(13,14)15)11(16,17)18;1-3-9-4-6-10(7-5-9)11(2,12)8-13/h2-6,18H,1H2;3-7,13H,1,8H2,2H3. The Bertz CT molecular complexity index is 851. The van der Waals surface area contributed by atoms with Crippen molar-refractivity contribution >= 4 is 12.2 Å².